The predicted octanol–water partition coefficient (Wildman–Crippen LogP) is 6.27. The number of carbonyl (C=O) groups is 2. The van der Waals surface area contributed by atoms with Crippen LogP contribution in [-0.4, -0.2) is 44.2 Å². The number of nitrogens with zero attached hydrogens (tertiary/aromatic N) is 2. The van der Waals surface area contributed by atoms with Gasteiger partial charge in [0.15, 0.2) is 34.5 Å². The number of nitrogens with one attached hydrogen (secondary N) is 1. The summed E-state index contributed by atoms with van der Waals surface area (Å²) >= 11 is 12.6. The van der Waals surface area contributed by atoms with Crippen LogP contribution in [0.4, 0.5) is 11.4 Å². The molecule has 0 aliphatic rings. The van der Waals surface area contributed by atoms with Gasteiger partial charge in [0.1, 0.15) is 5.02 Å². The number of Topliss-reactive ketones (excluding diaryl/α,β-unsaturated/α-hetero) is 1. The van der Waals surface area contributed by atoms with Gasteiger partial charge in [-0.1, -0.05) is 23.2 Å². The van der Waals surface area contributed by atoms with Gasteiger partial charge in [-0.2, -0.15) is 5.11 Å². The summed E-state index contributed by atoms with van der Waals surface area (Å²) in [6.07, 6.45) is 0. The summed E-state index contributed by atoms with van der Waals surface area (Å²) < 4.78 is 22.3. The van der Waals surface area contributed by atoms with Crippen LogP contribution in [0.3, 0.4) is 0 Å². The van der Waals surface area contributed by atoms with Crippen LogP contribution in [0.2, 0.25) is 10.0 Å². The van der Waals surface area contributed by atoms with Crippen LogP contribution in [0.1, 0.15) is 34.6 Å². The maximum atomic E-state index is 13.0. The first-order chi connectivity index (χ1) is 16.8. The molecule has 2 rings (SSSR count). The van der Waals surface area contributed by atoms with Crippen molar-refractivity contribution in [3.63, 3.8) is 0 Å². The fraction of sp³-hybridized carbons (Fsp3) is 0.417. The number of rotatable bonds is 13. The van der Waals surface area contributed by atoms with E-state index in [0.29, 0.717) is 54.4 Å². The van der Waals surface area contributed by atoms with Gasteiger partial charge in [-0.25, -0.2) is 0 Å². The SMILES string of the molecule is CCOc1cc(Cl)cc(OCC)c1N=NC(C(C)=O)C(=O)Nc1ccc(OCC)c(OCC)c1Cl. The summed E-state index contributed by atoms with van der Waals surface area (Å²) in [6, 6.07) is 4.84. The van der Waals surface area contributed by atoms with Gasteiger partial charge in [0, 0.05) is 17.2 Å². The maximum absolute atomic E-state index is 13.0. The van der Waals surface area contributed by atoms with Crippen molar-refractivity contribution < 1.29 is 28.5 Å². The molecule has 35 heavy (non-hydrogen) atoms. The molecule has 0 aliphatic carbocycles. The Bertz CT molecular complexity index is 1050. The molecule has 1 amide bonds. The van der Waals surface area contributed by atoms with Crippen LogP contribution in [0.25, 0.3) is 0 Å². The van der Waals surface area contributed by atoms with E-state index in [1.165, 1.54) is 6.92 Å². The molecule has 11 heteroatoms. The van der Waals surface area contributed by atoms with Gasteiger partial charge in [0.2, 0.25) is 6.04 Å². The maximum Gasteiger partial charge on any atom is 0.258 e. The molecule has 0 heterocycles. The standard InChI is InChI=1S/C24H29Cl2N3O6/c1-6-32-17-11-10-16(20(26)23(17)35-9-4)27-24(31)21(14(5)30)28-29-22-18(33-7-2)12-15(25)13-19(22)34-8-3/h10-13,21H,6-9H2,1-5H3,(H,27,31). The number of hydrogen-bond donors (Lipinski definition) is 1. The van der Waals surface area contributed by atoms with Crippen molar-refractivity contribution >= 4 is 46.3 Å². The van der Waals surface area contributed by atoms with Gasteiger partial charge in [0.25, 0.3) is 5.91 Å². The highest BCUT2D eigenvalue weighted by Crippen LogP contribution is 2.42. The van der Waals surface area contributed by atoms with Crippen molar-refractivity contribution in [2.24, 2.45) is 10.2 Å². The number of ether oxygens (including phenoxy) is 4. The lowest BCUT2D eigenvalue weighted by Crippen LogP contribution is -2.32. The molecule has 0 saturated heterocycles. The van der Waals surface area contributed by atoms with Gasteiger partial charge in [-0.3, -0.25) is 9.59 Å². The van der Waals surface area contributed by atoms with Crippen molar-refractivity contribution in [1.82, 2.24) is 0 Å². The molecule has 2 aromatic rings. The number of halogens is 2. The first kappa shape index (κ1) is 28.2. The Morgan fingerprint density at radius 3 is 1.94 bits per heavy atom. The largest absolute Gasteiger partial charge is 0.491 e. The number of benzene rings is 2. The summed E-state index contributed by atoms with van der Waals surface area (Å²) in [5.74, 6) is 0.105. The zero-order valence-electron chi connectivity index (χ0n) is 20.3. The van der Waals surface area contributed by atoms with Gasteiger partial charge in [-0.05, 0) is 46.8 Å². The summed E-state index contributed by atoms with van der Waals surface area (Å²) in [4.78, 5) is 25.3. The van der Waals surface area contributed by atoms with E-state index in [-0.39, 0.29) is 16.4 Å². The van der Waals surface area contributed by atoms with Crippen molar-refractivity contribution in [3.8, 4) is 23.0 Å². The van der Waals surface area contributed by atoms with Crippen molar-refractivity contribution in [2.75, 3.05) is 31.7 Å². The molecule has 0 bridgehead atoms. The molecule has 2 aromatic carbocycles. The lowest BCUT2D eigenvalue weighted by Gasteiger charge is -2.16. The van der Waals surface area contributed by atoms with Crippen LogP contribution in [-0.2, 0) is 9.59 Å². The van der Waals surface area contributed by atoms with Gasteiger partial charge in [0.05, 0.1) is 32.1 Å². The minimum Gasteiger partial charge on any atom is -0.491 e. The zero-order valence-corrected chi connectivity index (χ0v) is 21.8. The molecule has 0 radical (unpaired) electrons. The van der Waals surface area contributed by atoms with Crippen molar-refractivity contribution in [3.05, 3.63) is 34.3 Å². The Kier molecular flexibility index (Phi) is 11.1. The topological polar surface area (TPSA) is 108 Å². The third-order valence-electron chi connectivity index (χ3n) is 4.42. The van der Waals surface area contributed by atoms with E-state index in [1.54, 1.807) is 45.0 Å². The normalized spacial score (nSPS) is 11.7. The van der Waals surface area contributed by atoms with Gasteiger partial charge >= 0.3 is 0 Å². The third-order valence-corrected chi connectivity index (χ3v) is 5.01. The average molecular weight is 526 g/mol. The lowest BCUT2D eigenvalue weighted by atomic mass is 10.2. The van der Waals surface area contributed by atoms with Gasteiger partial charge in [-0.15, -0.1) is 5.11 Å². The van der Waals surface area contributed by atoms with E-state index in [1.807, 2.05) is 6.92 Å². The monoisotopic (exact) mass is 525 g/mol. The fourth-order valence-electron chi connectivity index (χ4n) is 3.00. The number of anilines is 1. The molecule has 1 N–H and O–H groups in total. The molecule has 0 fully saturated rings. The molecule has 0 spiro atoms. The van der Waals surface area contributed by atoms with E-state index in [2.05, 4.69) is 15.5 Å². The summed E-state index contributed by atoms with van der Waals surface area (Å²) in [6.45, 7) is 9.89. The van der Waals surface area contributed by atoms with E-state index in [9.17, 15) is 9.59 Å². The summed E-state index contributed by atoms with van der Waals surface area (Å²) in [7, 11) is 0. The van der Waals surface area contributed by atoms with Gasteiger partial charge < -0.3 is 24.3 Å². The minimum atomic E-state index is -1.45. The Hall–Kier alpha value is -3.04. The number of azo groups is 1. The Morgan fingerprint density at radius 1 is 0.886 bits per heavy atom. The van der Waals surface area contributed by atoms with Crippen LogP contribution in [0.15, 0.2) is 34.5 Å². The molecule has 0 saturated carbocycles. The fourth-order valence-corrected chi connectivity index (χ4v) is 3.45. The van der Waals surface area contributed by atoms with Crippen molar-refractivity contribution in [1.29, 1.82) is 0 Å². The second-order valence-corrected chi connectivity index (χ2v) is 7.77. The Labute approximate surface area is 214 Å². The van der Waals surface area contributed by atoms with Crippen LogP contribution in [0.5, 0.6) is 23.0 Å². The highest BCUT2D eigenvalue weighted by Gasteiger charge is 2.26. The molecule has 1 atom stereocenters. The van der Waals surface area contributed by atoms with E-state index in [0.717, 1.165) is 0 Å². The second kappa shape index (κ2) is 13.7. The molecule has 0 aliphatic heterocycles. The Balaban J connectivity index is 2.39. The molecule has 190 valence electrons. The average Bonchev–Trinajstić information content (AvgIpc) is 2.80. The highest BCUT2D eigenvalue weighted by atomic mass is 35.5. The number of hydrogen-bond acceptors (Lipinski definition) is 8. The highest BCUT2D eigenvalue weighted by molar-refractivity contribution is 6.35. The second-order valence-electron chi connectivity index (χ2n) is 6.95. The lowest BCUT2D eigenvalue weighted by molar-refractivity contribution is -0.126. The van der Waals surface area contributed by atoms with Crippen LogP contribution < -0.4 is 24.3 Å². The van der Waals surface area contributed by atoms with Crippen LogP contribution >= 0.6 is 23.2 Å². The molecule has 9 nitrogen and oxygen atoms in total. The van der Waals surface area contributed by atoms with Crippen molar-refractivity contribution in [2.45, 2.75) is 40.7 Å². The number of amides is 1. The van der Waals surface area contributed by atoms with E-state index in [4.69, 9.17) is 42.1 Å². The predicted molar refractivity (Wildman–Crippen MR) is 135 cm³/mol. The summed E-state index contributed by atoms with van der Waals surface area (Å²) in [5.41, 5.74) is 0.455. The molecule has 1 unspecified atom stereocenters. The summed E-state index contributed by atoms with van der Waals surface area (Å²) in [5, 5.41) is 11.3. The molecular formula is C24H29Cl2N3O6. The van der Waals surface area contributed by atoms with Crippen LogP contribution in [0, 0.1) is 0 Å². The van der Waals surface area contributed by atoms with E-state index >= 15 is 0 Å². The molecular weight excluding hydrogens is 497 g/mol. The number of ketones is 1. The van der Waals surface area contributed by atoms with E-state index < -0.39 is 17.7 Å². The third kappa shape index (κ3) is 7.47. The zero-order chi connectivity index (χ0) is 26.0. The quantitative estimate of drug-likeness (QED) is 0.244. The smallest absolute Gasteiger partial charge is 0.258 e. The first-order valence-electron chi connectivity index (χ1n) is 11.2. The number of carbonyl (C=O) groups excluding carboxylic acids is 2. The Morgan fingerprint density at radius 2 is 1.43 bits per heavy atom. The minimum absolute atomic E-state index is 0.139. The molecule has 0 aromatic heterocycles. The first-order valence-corrected chi connectivity index (χ1v) is 11.9.